The number of methoxy groups -OCH3 is 1. The number of aryl methyl sites for hydroxylation is 2. The van der Waals surface area contributed by atoms with Gasteiger partial charge in [-0.25, -0.2) is 0 Å². The number of hydrogen-bond acceptors (Lipinski definition) is 5. The lowest BCUT2D eigenvalue weighted by Gasteiger charge is -2.08. The van der Waals surface area contributed by atoms with Gasteiger partial charge >= 0.3 is 0 Å². The van der Waals surface area contributed by atoms with Gasteiger partial charge in [0, 0.05) is 11.4 Å². The highest BCUT2D eigenvalue weighted by atomic mass is 16.5. The molecule has 164 valence electrons. The number of amides is 1. The fourth-order valence-electron chi connectivity index (χ4n) is 3.35. The number of aromatic nitrogens is 2. The van der Waals surface area contributed by atoms with Crippen LogP contribution in [0.3, 0.4) is 0 Å². The Balaban J connectivity index is 1.36. The predicted octanol–water partition coefficient (Wildman–Crippen LogP) is 4.98. The lowest BCUT2D eigenvalue weighted by molar-refractivity contribution is 0.0992. The van der Waals surface area contributed by atoms with Gasteiger partial charge < -0.3 is 19.2 Å². The number of anilines is 1. The number of hydrogen-bond donors (Lipinski definition) is 1. The zero-order valence-corrected chi connectivity index (χ0v) is 18.3. The maximum Gasteiger partial charge on any atom is 0.291 e. The van der Waals surface area contributed by atoms with Crippen LogP contribution >= 0.6 is 0 Å². The molecule has 2 heterocycles. The summed E-state index contributed by atoms with van der Waals surface area (Å²) in [6.45, 7) is 4.85. The molecule has 2 aromatic carbocycles. The van der Waals surface area contributed by atoms with Crippen molar-refractivity contribution in [1.82, 2.24) is 9.78 Å². The number of nitrogens with one attached hydrogen (secondary N) is 1. The van der Waals surface area contributed by atoms with Crippen molar-refractivity contribution in [2.45, 2.75) is 27.0 Å². The van der Waals surface area contributed by atoms with Crippen LogP contribution in [0, 0.1) is 13.8 Å². The molecule has 1 amide bonds. The second-order valence-electron chi connectivity index (χ2n) is 7.47. The molecule has 1 N–H and O–H groups in total. The van der Waals surface area contributed by atoms with Crippen molar-refractivity contribution >= 4 is 11.6 Å². The van der Waals surface area contributed by atoms with Gasteiger partial charge in [-0.1, -0.05) is 12.1 Å². The van der Waals surface area contributed by atoms with E-state index >= 15 is 0 Å². The average molecular weight is 431 g/mol. The second-order valence-corrected chi connectivity index (χ2v) is 7.47. The van der Waals surface area contributed by atoms with Crippen LogP contribution in [0.2, 0.25) is 0 Å². The normalized spacial score (nSPS) is 10.7. The minimum atomic E-state index is -0.316. The molecule has 0 saturated heterocycles. The predicted molar refractivity (Wildman–Crippen MR) is 121 cm³/mol. The van der Waals surface area contributed by atoms with E-state index in [2.05, 4.69) is 10.4 Å². The van der Waals surface area contributed by atoms with E-state index in [1.807, 2.05) is 73.1 Å². The third-order valence-corrected chi connectivity index (χ3v) is 4.95. The third-order valence-electron chi connectivity index (χ3n) is 4.95. The topological polar surface area (TPSA) is 78.5 Å². The van der Waals surface area contributed by atoms with E-state index in [1.165, 1.54) is 0 Å². The first kappa shape index (κ1) is 21.2. The van der Waals surface area contributed by atoms with Crippen LogP contribution in [0.4, 0.5) is 5.69 Å². The molecule has 7 heteroatoms. The largest absolute Gasteiger partial charge is 0.497 e. The molecule has 0 bridgehead atoms. The summed E-state index contributed by atoms with van der Waals surface area (Å²) in [5, 5.41) is 7.38. The molecular formula is C25H25N3O4. The quantitative estimate of drug-likeness (QED) is 0.426. The molecule has 0 unspecified atom stereocenters. The van der Waals surface area contributed by atoms with Crippen LogP contribution in [0.1, 0.15) is 33.3 Å². The Morgan fingerprint density at radius 2 is 1.81 bits per heavy atom. The molecule has 0 radical (unpaired) electrons. The monoisotopic (exact) mass is 431 g/mol. The molecule has 0 atom stereocenters. The van der Waals surface area contributed by atoms with Gasteiger partial charge in [-0.05, 0) is 74.0 Å². The molecule has 0 spiro atoms. The third kappa shape index (κ3) is 5.18. The first-order chi connectivity index (χ1) is 15.5. The number of carbonyl (C=O) groups is 1. The van der Waals surface area contributed by atoms with Gasteiger partial charge in [-0.3, -0.25) is 9.48 Å². The van der Waals surface area contributed by atoms with Gasteiger partial charge in [0.25, 0.3) is 5.91 Å². The summed E-state index contributed by atoms with van der Waals surface area (Å²) in [6, 6.07) is 20.4. The van der Waals surface area contributed by atoms with E-state index in [0.717, 1.165) is 22.7 Å². The molecule has 0 fully saturated rings. The summed E-state index contributed by atoms with van der Waals surface area (Å²) in [6.07, 6.45) is 0. The van der Waals surface area contributed by atoms with Crippen LogP contribution in [-0.4, -0.2) is 22.8 Å². The van der Waals surface area contributed by atoms with Crippen LogP contribution in [-0.2, 0) is 13.2 Å². The smallest absolute Gasteiger partial charge is 0.291 e. The van der Waals surface area contributed by atoms with Gasteiger partial charge in [0.05, 0.1) is 19.3 Å². The summed E-state index contributed by atoms with van der Waals surface area (Å²) in [7, 11) is 1.61. The van der Waals surface area contributed by atoms with Crippen molar-refractivity contribution in [2.75, 3.05) is 12.4 Å². The Hall–Kier alpha value is -4.00. The zero-order valence-electron chi connectivity index (χ0n) is 18.3. The summed E-state index contributed by atoms with van der Waals surface area (Å²) < 4.78 is 18.4. The first-order valence-corrected chi connectivity index (χ1v) is 10.3. The highest BCUT2D eigenvalue weighted by Crippen LogP contribution is 2.20. The minimum absolute atomic E-state index is 0.220. The number of furan rings is 1. The Morgan fingerprint density at radius 1 is 1.03 bits per heavy atom. The molecule has 4 aromatic rings. The van der Waals surface area contributed by atoms with Crippen LogP contribution in [0.15, 0.2) is 71.1 Å². The van der Waals surface area contributed by atoms with Crippen LogP contribution in [0.25, 0.3) is 0 Å². The van der Waals surface area contributed by atoms with Gasteiger partial charge in [0.1, 0.15) is 23.9 Å². The molecule has 0 aliphatic heterocycles. The molecular weight excluding hydrogens is 406 g/mol. The SMILES string of the molecule is COc1ccc(OCc2ccc(C(=O)Nc3cccc(Cn4nc(C)cc4C)c3)o2)cc1. The first-order valence-electron chi connectivity index (χ1n) is 10.3. The molecule has 2 aromatic heterocycles. The molecule has 32 heavy (non-hydrogen) atoms. The summed E-state index contributed by atoms with van der Waals surface area (Å²) >= 11 is 0. The minimum Gasteiger partial charge on any atom is -0.497 e. The van der Waals surface area contributed by atoms with E-state index in [4.69, 9.17) is 13.9 Å². The Labute approximate surface area is 186 Å². The molecule has 4 rings (SSSR count). The Bertz CT molecular complexity index is 1210. The molecule has 0 saturated carbocycles. The maximum absolute atomic E-state index is 12.6. The maximum atomic E-state index is 12.6. The number of nitrogens with zero attached hydrogens (tertiary/aromatic N) is 2. The second kappa shape index (κ2) is 9.43. The number of rotatable bonds is 8. The molecule has 0 aliphatic carbocycles. The average Bonchev–Trinajstić information content (AvgIpc) is 3.39. The standard InChI is InChI=1S/C25H25N3O4/c1-17-13-18(2)28(27-17)15-19-5-4-6-20(14-19)26-25(29)24-12-11-23(32-24)16-31-22-9-7-21(30-3)8-10-22/h4-14H,15-16H2,1-3H3,(H,26,29). The van der Waals surface area contributed by atoms with E-state index in [9.17, 15) is 4.79 Å². The van der Waals surface area contributed by atoms with Crippen LogP contribution in [0.5, 0.6) is 11.5 Å². The molecule has 0 aliphatic rings. The van der Waals surface area contributed by atoms with Crippen molar-refractivity contribution in [3.05, 3.63) is 95.2 Å². The van der Waals surface area contributed by atoms with Crippen molar-refractivity contribution in [3.8, 4) is 11.5 Å². The number of ether oxygens (including phenoxy) is 2. The Kier molecular flexibility index (Phi) is 6.26. The van der Waals surface area contributed by atoms with Crippen molar-refractivity contribution in [1.29, 1.82) is 0 Å². The summed E-state index contributed by atoms with van der Waals surface area (Å²) in [5.41, 5.74) is 3.82. The van der Waals surface area contributed by atoms with Crippen molar-refractivity contribution in [3.63, 3.8) is 0 Å². The fourth-order valence-corrected chi connectivity index (χ4v) is 3.35. The van der Waals surface area contributed by atoms with Gasteiger partial charge in [-0.15, -0.1) is 0 Å². The lowest BCUT2D eigenvalue weighted by atomic mass is 10.2. The van der Waals surface area contributed by atoms with Gasteiger partial charge in [-0.2, -0.15) is 5.10 Å². The number of benzene rings is 2. The van der Waals surface area contributed by atoms with E-state index in [0.29, 0.717) is 23.7 Å². The van der Waals surface area contributed by atoms with Gasteiger partial charge in [0.15, 0.2) is 5.76 Å². The van der Waals surface area contributed by atoms with E-state index in [-0.39, 0.29) is 18.3 Å². The van der Waals surface area contributed by atoms with Crippen molar-refractivity contribution < 1.29 is 18.7 Å². The summed E-state index contributed by atoms with van der Waals surface area (Å²) in [4.78, 5) is 12.6. The Morgan fingerprint density at radius 3 is 2.53 bits per heavy atom. The van der Waals surface area contributed by atoms with E-state index < -0.39 is 0 Å². The lowest BCUT2D eigenvalue weighted by Crippen LogP contribution is -2.11. The van der Waals surface area contributed by atoms with Gasteiger partial charge in [0.2, 0.25) is 0 Å². The van der Waals surface area contributed by atoms with Crippen LogP contribution < -0.4 is 14.8 Å². The highest BCUT2D eigenvalue weighted by Gasteiger charge is 2.13. The van der Waals surface area contributed by atoms with Crippen molar-refractivity contribution in [2.24, 2.45) is 0 Å². The number of carbonyl (C=O) groups excluding carboxylic acids is 1. The fraction of sp³-hybridized carbons (Fsp3) is 0.200. The summed E-state index contributed by atoms with van der Waals surface area (Å²) in [5.74, 6) is 1.91. The highest BCUT2D eigenvalue weighted by molar-refractivity contribution is 6.02. The zero-order chi connectivity index (χ0) is 22.5. The van der Waals surface area contributed by atoms with E-state index in [1.54, 1.807) is 19.2 Å². The molecule has 7 nitrogen and oxygen atoms in total.